The number of hydrogen-bond donors (Lipinski definition) is 3. The van der Waals surface area contributed by atoms with Crippen molar-refractivity contribution in [3.05, 3.63) is 24.3 Å². The monoisotopic (exact) mass is 305 g/mol. The van der Waals surface area contributed by atoms with Gasteiger partial charge in [0.15, 0.2) is 0 Å². The zero-order chi connectivity index (χ0) is 16.1. The van der Waals surface area contributed by atoms with E-state index in [1.54, 1.807) is 0 Å². The molecule has 0 unspecified atom stereocenters. The van der Waals surface area contributed by atoms with Crippen LogP contribution in [-0.4, -0.2) is 23.9 Å². The van der Waals surface area contributed by atoms with E-state index < -0.39 is 11.8 Å². The molecule has 0 heterocycles. The Morgan fingerprint density at radius 3 is 2.33 bits per heavy atom. The number of anilines is 1. The van der Waals surface area contributed by atoms with Gasteiger partial charge in [0, 0.05) is 17.6 Å². The van der Waals surface area contributed by atoms with Gasteiger partial charge in [-0.25, -0.2) is 0 Å². The van der Waals surface area contributed by atoms with E-state index in [0.29, 0.717) is 18.7 Å². The number of ether oxygens (including phenoxy) is 1. The molecule has 0 aliphatic rings. The summed E-state index contributed by atoms with van der Waals surface area (Å²) in [4.78, 5) is 0. The van der Waals surface area contributed by atoms with E-state index in [4.69, 9.17) is 10.9 Å². The molecule has 118 valence electrons. The van der Waals surface area contributed by atoms with Crippen LogP contribution in [0.2, 0.25) is 0 Å². The Kier molecular flexibility index (Phi) is 5.28. The van der Waals surface area contributed by atoms with Crippen molar-refractivity contribution < 1.29 is 23.1 Å². The molecule has 0 aromatic heterocycles. The maximum atomic E-state index is 12.0. The van der Waals surface area contributed by atoms with Crippen LogP contribution in [0.3, 0.4) is 0 Å². The first kappa shape index (κ1) is 16.9. The van der Waals surface area contributed by atoms with Crippen LogP contribution in [-0.2, 0) is 0 Å². The van der Waals surface area contributed by atoms with Crippen molar-refractivity contribution in [2.75, 3.05) is 11.9 Å². The van der Waals surface area contributed by atoms with Crippen LogP contribution in [0.4, 0.5) is 18.9 Å². The van der Waals surface area contributed by atoms with Gasteiger partial charge in [-0.2, -0.15) is 0 Å². The maximum absolute atomic E-state index is 12.0. The molecular weight excluding hydrogens is 287 g/mol. The van der Waals surface area contributed by atoms with Crippen molar-refractivity contribution in [2.24, 2.45) is 16.3 Å². The number of amidine groups is 1. The van der Waals surface area contributed by atoms with Gasteiger partial charge in [-0.3, -0.25) is 0 Å². The van der Waals surface area contributed by atoms with E-state index in [1.807, 2.05) is 13.8 Å². The summed E-state index contributed by atoms with van der Waals surface area (Å²) in [7, 11) is 0. The number of oxime groups is 1. The summed E-state index contributed by atoms with van der Waals surface area (Å²) in [5, 5.41) is 14.7. The molecule has 0 bridgehead atoms. The molecule has 0 aliphatic carbocycles. The third-order valence-corrected chi connectivity index (χ3v) is 2.97. The third kappa shape index (κ3) is 5.80. The average Bonchev–Trinajstić information content (AvgIpc) is 2.38. The summed E-state index contributed by atoms with van der Waals surface area (Å²) in [6.07, 6.45) is -4.11. The molecule has 0 fully saturated rings. The highest BCUT2D eigenvalue weighted by molar-refractivity contribution is 5.85. The number of nitrogens with two attached hydrogens (primary N) is 1. The Labute approximate surface area is 120 Å². The van der Waals surface area contributed by atoms with Gasteiger partial charge in [0.05, 0.1) is 0 Å². The summed E-state index contributed by atoms with van der Waals surface area (Å²) in [5.74, 6) is -0.150. The Morgan fingerprint density at radius 1 is 1.29 bits per heavy atom. The molecule has 0 radical (unpaired) electrons. The number of hydrogen-bond acceptors (Lipinski definition) is 4. The van der Waals surface area contributed by atoms with Crippen LogP contribution in [0.1, 0.15) is 20.3 Å². The van der Waals surface area contributed by atoms with Gasteiger partial charge >= 0.3 is 6.36 Å². The standard InChI is InChI=1S/C13H18F3N3O2/c1-12(2,11(17)19-20)7-8-18-9-3-5-10(6-4-9)21-13(14,15)16/h3-6,18,20H,7-8H2,1-2H3,(H2,17,19). The van der Waals surface area contributed by atoms with Gasteiger partial charge in [-0.15, -0.1) is 13.2 Å². The second-order valence-electron chi connectivity index (χ2n) is 5.12. The number of nitrogens with zero attached hydrogens (tertiary/aromatic N) is 1. The topological polar surface area (TPSA) is 79.9 Å². The lowest BCUT2D eigenvalue weighted by Gasteiger charge is -2.23. The molecule has 0 amide bonds. The Balaban J connectivity index is 2.50. The van der Waals surface area contributed by atoms with Crippen LogP contribution in [0.5, 0.6) is 5.75 Å². The molecule has 0 saturated carbocycles. The number of nitrogens with one attached hydrogen (secondary N) is 1. The molecule has 0 saturated heterocycles. The van der Waals surface area contributed by atoms with Gasteiger partial charge in [0.1, 0.15) is 11.6 Å². The largest absolute Gasteiger partial charge is 0.573 e. The molecule has 1 aromatic carbocycles. The van der Waals surface area contributed by atoms with Gasteiger partial charge < -0.3 is 21.0 Å². The summed E-state index contributed by atoms with van der Waals surface area (Å²) < 4.78 is 39.8. The van der Waals surface area contributed by atoms with E-state index in [9.17, 15) is 13.2 Å². The zero-order valence-electron chi connectivity index (χ0n) is 11.7. The van der Waals surface area contributed by atoms with E-state index >= 15 is 0 Å². The SMILES string of the molecule is CC(C)(CCNc1ccc(OC(F)(F)F)cc1)C(N)=NO. The first-order valence-corrected chi connectivity index (χ1v) is 6.22. The lowest BCUT2D eigenvalue weighted by Crippen LogP contribution is -2.33. The molecule has 4 N–H and O–H groups in total. The number of rotatable bonds is 6. The Bertz CT molecular complexity index is 484. The smallest absolute Gasteiger partial charge is 0.409 e. The molecule has 0 atom stereocenters. The van der Waals surface area contributed by atoms with Gasteiger partial charge in [0.25, 0.3) is 0 Å². The van der Waals surface area contributed by atoms with Crippen molar-refractivity contribution in [3.8, 4) is 5.75 Å². The van der Waals surface area contributed by atoms with Gasteiger partial charge in [0.2, 0.25) is 0 Å². The minimum Gasteiger partial charge on any atom is -0.409 e. The van der Waals surface area contributed by atoms with Gasteiger partial charge in [-0.1, -0.05) is 19.0 Å². The zero-order valence-corrected chi connectivity index (χ0v) is 11.7. The minimum atomic E-state index is -4.69. The molecule has 0 aliphatic heterocycles. The summed E-state index contributed by atoms with van der Waals surface area (Å²) in [6, 6.07) is 5.42. The fraction of sp³-hybridized carbons (Fsp3) is 0.462. The van der Waals surface area contributed by atoms with Gasteiger partial charge in [-0.05, 0) is 30.7 Å². The van der Waals surface area contributed by atoms with Crippen molar-refractivity contribution in [1.82, 2.24) is 0 Å². The van der Waals surface area contributed by atoms with E-state index in [2.05, 4.69) is 15.2 Å². The van der Waals surface area contributed by atoms with Crippen molar-refractivity contribution >= 4 is 11.5 Å². The first-order valence-electron chi connectivity index (χ1n) is 6.22. The lowest BCUT2D eigenvalue weighted by atomic mass is 9.88. The second kappa shape index (κ2) is 6.55. The fourth-order valence-electron chi connectivity index (χ4n) is 1.56. The highest BCUT2D eigenvalue weighted by Crippen LogP contribution is 2.24. The normalized spacial score (nSPS) is 13.1. The predicted molar refractivity (Wildman–Crippen MR) is 73.4 cm³/mol. The first-order chi connectivity index (χ1) is 9.64. The highest BCUT2D eigenvalue weighted by Gasteiger charge is 2.31. The highest BCUT2D eigenvalue weighted by atomic mass is 19.4. The molecule has 0 spiro atoms. The Hall–Kier alpha value is -2.12. The second-order valence-corrected chi connectivity index (χ2v) is 5.12. The van der Waals surface area contributed by atoms with Crippen LogP contribution < -0.4 is 15.8 Å². The van der Waals surface area contributed by atoms with Crippen LogP contribution >= 0.6 is 0 Å². The summed E-state index contributed by atoms with van der Waals surface area (Å²) >= 11 is 0. The minimum absolute atomic E-state index is 0.123. The molecule has 21 heavy (non-hydrogen) atoms. The van der Waals surface area contributed by atoms with E-state index in [0.717, 1.165) is 0 Å². The predicted octanol–water partition coefficient (Wildman–Crippen LogP) is 3.16. The molecule has 1 rings (SSSR count). The summed E-state index contributed by atoms with van der Waals surface area (Å²) in [6.45, 7) is 4.16. The quantitative estimate of drug-likeness (QED) is 0.326. The van der Waals surface area contributed by atoms with E-state index in [1.165, 1.54) is 24.3 Å². The molecule has 5 nitrogen and oxygen atoms in total. The van der Waals surface area contributed by atoms with Crippen molar-refractivity contribution in [2.45, 2.75) is 26.6 Å². The number of benzene rings is 1. The number of halogens is 3. The fourth-order valence-corrected chi connectivity index (χ4v) is 1.56. The molecule has 1 aromatic rings. The van der Waals surface area contributed by atoms with Crippen LogP contribution in [0.25, 0.3) is 0 Å². The molecular formula is C13H18F3N3O2. The van der Waals surface area contributed by atoms with Crippen molar-refractivity contribution in [3.63, 3.8) is 0 Å². The van der Waals surface area contributed by atoms with Crippen molar-refractivity contribution in [1.29, 1.82) is 0 Å². The van der Waals surface area contributed by atoms with Crippen LogP contribution in [0, 0.1) is 5.41 Å². The van der Waals surface area contributed by atoms with Crippen LogP contribution in [0.15, 0.2) is 29.4 Å². The summed E-state index contributed by atoms with van der Waals surface area (Å²) in [5.41, 5.74) is 5.73. The van der Waals surface area contributed by atoms with E-state index in [-0.39, 0.29) is 11.6 Å². The third-order valence-electron chi connectivity index (χ3n) is 2.97. The average molecular weight is 305 g/mol. The lowest BCUT2D eigenvalue weighted by molar-refractivity contribution is -0.274. The number of alkyl halides is 3. The maximum Gasteiger partial charge on any atom is 0.573 e. The molecule has 8 heteroatoms. The Morgan fingerprint density at radius 2 is 1.86 bits per heavy atom.